The molecule has 1 spiro atoms. The van der Waals surface area contributed by atoms with Crippen LogP contribution < -0.4 is 16.1 Å². The van der Waals surface area contributed by atoms with E-state index in [-0.39, 0.29) is 25.2 Å². The lowest BCUT2D eigenvalue weighted by Gasteiger charge is -2.45. The van der Waals surface area contributed by atoms with E-state index in [4.69, 9.17) is 9.84 Å². The lowest BCUT2D eigenvalue weighted by molar-refractivity contribution is -0.178. The molecular formula is C12H19N3O7. The van der Waals surface area contributed by atoms with Crippen LogP contribution in [-0.4, -0.2) is 68.6 Å². The molecule has 2 aliphatic heterocycles. The summed E-state index contributed by atoms with van der Waals surface area (Å²) in [4.78, 5) is 24.7. The molecule has 0 aliphatic carbocycles. The monoisotopic (exact) mass is 317 g/mol. The second-order valence-corrected chi connectivity index (χ2v) is 5.63. The Morgan fingerprint density at radius 1 is 1.45 bits per heavy atom. The molecule has 10 nitrogen and oxygen atoms in total. The van der Waals surface area contributed by atoms with Crippen molar-refractivity contribution < 1.29 is 34.9 Å². The standard InChI is InChI=1S/C12H19N3O7/c1-6(3-4-16)11(15-21)8(18)14-12(9(19)13-11)7(17)10(2,20)5-22-12/h7,15-17,20-21H,1,3-5H2,2H3,(H,13,19)(H,14,18)/t7-,10-,11+,12?/m0/s1. The van der Waals surface area contributed by atoms with E-state index in [1.54, 1.807) is 5.48 Å². The Labute approximate surface area is 125 Å². The minimum atomic E-state index is -2.17. The predicted octanol–water partition coefficient (Wildman–Crippen LogP) is -3.32. The summed E-state index contributed by atoms with van der Waals surface area (Å²) in [6.45, 7) is 4.07. The molecule has 0 aromatic heterocycles. The number of hydroxylamine groups is 1. The maximum absolute atomic E-state index is 12.4. The first-order valence-corrected chi connectivity index (χ1v) is 6.56. The molecule has 2 rings (SSSR count). The second-order valence-electron chi connectivity index (χ2n) is 5.63. The Kier molecular flexibility index (Phi) is 4.02. The van der Waals surface area contributed by atoms with E-state index in [2.05, 4.69) is 17.2 Å². The fourth-order valence-corrected chi connectivity index (χ4v) is 2.52. The van der Waals surface area contributed by atoms with Crippen LogP contribution in [0.1, 0.15) is 13.3 Å². The van der Waals surface area contributed by atoms with Gasteiger partial charge in [0, 0.05) is 6.61 Å². The number of aliphatic hydroxyl groups excluding tert-OH is 2. The van der Waals surface area contributed by atoms with E-state index in [1.807, 2.05) is 0 Å². The van der Waals surface area contributed by atoms with Crippen LogP contribution in [0.3, 0.4) is 0 Å². The van der Waals surface area contributed by atoms with Gasteiger partial charge in [0.1, 0.15) is 11.7 Å². The van der Waals surface area contributed by atoms with Crippen LogP contribution in [0.2, 0.25) is 0 Å². The van der Waals surface area contributed by atoms with Gasteiger partial charge in [0.2, 0.25) is 5.66 Å². The molecule has 10 heteroatoms. The van der Waals surface area contributed by atoms with Gasteiger partial charge in [-0.05, 0) is 18.9 Å². The highest BCUT2D eigenvalue weighted by Gasteiger charge is 2.66. The lowest BCUT2D eigenvalue weighted by atomic mass is 9.88. The van der Waals surface area contributed by atoms with Gasteiger partial charge in [-0.2, -0.15) is 5.48 Å². The molecule has 1 unspecified atom stereocenters. The number of piperazine rings is 1. The molecule has 0 aromatic rings. The molecule has 124 valence electrons. The number of amides is 2. The van der Waals surface area contributed by atoms with Crippen LogP contribution in [0.25, 0.3) is 0 Å². The normalized spacial score (nSPS) is 41.4. The molecule has 2 fully saturated rings. The lowest BCUT2D eigenvalue weighted by Crippen LogP contribution is -2.82. The van der Waals surface area contributed by atoms with Crippen molar-refractivity contribution in [3.05, 3.63) is 12.2 Å². The van der Waals surface area contributed by atoms with Crippen LogP contribution in [0.5, 0.6) is 0 Å². The Bertz CT molecular complexity index is 523. The smallest absolute Gasteiger partial charge is 0.278 e. The summed E-state index contributed by atoms with van der Waals surface area (Å²) >= 11 is 0. The van der Waals surface area contributed by atoms with Crippen LogP contribution >= 0.6 is 0 Å². The number of aliphatic hydroxyl groups is 3. The van der Waals surface area contributed by atoms with E-state index in [0.29, 0.717) is 0 Å². The molecule has 22 heavy (non-hydrogen) atoms. The molecule has 0 radical (unpaired) electrons. The summed E-state index contributed by atoms with van der Waals surface area (Å²) in [5, 5.41) is 42.7. The van der Waals surface area contributed by atoms with Gasteiger partial charge in [-0.1, -0.05) is 6.58 Å². The second kappa shape index (κ2) is 5.26. The first-order valence-electron chi connectivity index (χ1n) is 6.56. The molecule has 2 saturated heterocycles. The minimum absolute atomic E-state index is 0.00236. The third-order valence-electron chi connectivity index (χ3n) is 3.96. The van der Waals surface area contributed by atoms with Gasteiger partial charge in [0.15, 0.2) is 0 Å². The highest BCUT2D eigenvalue weighted by Crippen LogP contribution is 2.35. The average Bonchev–Trinajstić information content (AvgIpc) is 2.68. The van der Waals surface area contributed by atoms with Crippen LogP contribution in [0.15, 0.2) is 12.2 Å². The summed E-state index contributed by atoms with van der Waals surface area (Å²) in [6, 6.07) is 0. The van der Waals surface area contributed by atoms with E-state index < -0.39 is 34.9 Å². The molecule has 0 aromatic carbocycles. The maximum atomic E-state index is 12.4. The summed E-state index contributed by atoms with van der Waals surface area (Å²) in [5.74, 6) is -1.93. The molecule has 2 amide bonds. The van der Waals surface area contributed by atoms with Crippen molar-refractivity contribution >= 4 is 11.8 Å². The van der Waals surface area contributed by atoms with Crippen molar-refractivity contribution in [2.24, 2.45) is 0 Å². The summed E-state index contributed by atoms with van der Waals surface area (Å²) in [6.07, 6.45) is -1.79. The molecule has 7 N–H and O–H groups in total. The molecule has 0 saturated carbocycles. The maximum Gasteiger partial charge on any atom is 0.278 e. The molecule has 4 atom stereocenters. The molecule has 2 heterocycles. The fourth-order valence-electron chi connectivity index (χ4n) is 2.52. The van der Waals surface area contributed by atoms with E-state index in [9.17, 15) is 25.0 Å². The Hall–Kier alpha value is -1.56. The van der Waals surface area contributed by atoms with Crippen LogP contribution in [-0.2, 0) is 14.3 Å². The average molecular weight is 317 g/mol. The van der Waals surface area contributed by atoms with Crippen molar-refractivity contribution in [1.82, 2.24) is 16.1 Å². The third-order valence-corrected chi connectivity index (χ3v) is 3.96. The van der Waals surface area contributed by atoms with Gasteiger partial charge in [-0.3, -0.25) is 9.59 Å². The zero-order chi connectivity index (χ0) is 16.8. The van der Waals surface area contributed by atoms with Gasteiger partial charge in [0.05, 0.1) is 6.61 Å². The van der Waals surface area contributed by atoms with Gasteiger partial charge < -0.3 is 35.9 Å². The Balaban J connectivity index is 2.35. The highest BCUT2D eigenvalue weighted by atomic mass is 16.6. The summed E-state index contributed by atoms with van der Waals surface area (Å²) < 4.78 is 5.14. The number of ether oxygens (including phenoxy) is 1. The van der Waals surface area contributed by atoms with E-state index in [0.717, 1.165) is 0 Å². The molecule has 0 bridgehead atoms. The van der Waals surface area contributed by atoms with Gasteiger partial charge in [0.25, 0.3) is 17.5 Å². The zero-order valence-corrected chi connectivity index (χ0v) is 11.9. The van der Waals surface area contributed by atoms with Gasteiger partial charge in [-0.25, -0.2) is 0 Å². The number of carbonyl (C=O) groups excluding carboxylic acids is 2. The number of rotatable bonds is 4. The van der Waals surface area contributed by atoms with Crippen molar-refractivity contribution in [1.29, 1.82) is 0 Å². The zero-order valence-electron chi connectivity index (χ0n) is 11.9. The number of hydrogen-bond donors (Lipinski definition) is 7. The van der Waals surface area contributed by atoms with Crippen molar-refractivity contribution in [2.45, 2.75) is 36.4 Å². The topological polar surface area (TPSA) is 160 Å². The number of hydrogen-bond acceptors (Lipinski definition) is 8. The number of nitrogens with one attached hydrogen (secondary N) is 3. The Morgan fingerprint density at radius 2 is 2.09 bits per heavy atom. The fraction of sp³-hybridized carbons (Fsp3) is 0.667. The largest absolute Gasteiger partial charge is 0.396 e. The molecular weight excluding hydrogens is 298 g/mol. The van der Waals surface area contributed by atoms with Gasteiger partial charge >= 0.3 is 0 Å². The number of carbonyl (C=O) groups is 2. The predicted molar refractivity (Wildman–Crippen MR) is 70.1 cm³/mol. The highest BCUT2D eigenvalue weighted by molar-refractivity contribution is 6.03. The van der Waals surface area contributed by atoms with E-state index >= 15 is 0 Å². The van der Waals surface area contributed by atoms with Crippen molar-refractivity contribution in [3.63, 3.8) is 0 Å². The van der Waals surface area contributed by atoms with Crippen molar-refractivity contribution in [2.75, 3.05) is 13.2 Å². The SMILES string of the molecule is C=C(CCO)[C@]1(NO)NC(=O)C2(NC1=O)OC[C@](C)(O)[C@@H]2O. The Morgan fingerprint density at radius 3 is 2.55 bits per heavy atom. The van der Waals surface area contributed by atoms with E-state index in [1.165, 1.54) is 6.92 Å². The first kappa shape index (κ1) is 16.8. The molecule has 2 aliphatic rings. The summed E-state index contributed by atoms with van der Waals surface area (Å²) in [5.41, 5.74) is -4.30. The van der Waals surface area contributed by atoms with Gasteiger partial charge in [-0.15, -0.1) is 0 Å². The van der Waals surface area contributed by atoms with Crippen LogP contribution in [0.4, 0.5) is 0 Å². The third kappa shape index (κ3) is 2.12. The van der Waals surface area contributed by atoms with Crippen molar-refractivity contribution in [3.8, 4) is 0 Å². The van der Waals surface area contributed by atoms with Crippen LogP contribution in [0, 0.1) is 0 Å². The quantitative estimate of drug-likeness (QED) is 0.209. The minimum Gasteiger partial charge on any atom is -0.396 e. The summed E-state index contributed by atoms with van der Waals surface area (Å²) in [7, 11) is 0. The first-order chi connectivity index (χ1) is 10.2.